The molecular formula is C11H19N3O. The minimum Gasteiger partial charge on any atom is -0.327 e. The van der Waals surface area contributed by atoms with Crippen LogP contribution in [0.5, 0.6) is 0 Å². The number of hydrogen-bond donors (Lipinski definition) is 1. The van der Waals surface area contributed by atoms with Gasteiger partial charge in [0.25, 0.3) is 0 Å². The standard InChI is InChI=1S/C11H19N3O/c1-10(2)7-9(15)14(6-5-12)8-11(3,4)13-10/h13H,6-8H2,1-4H3. The first-order valence-electron chi connectivity index (χ1n) is 5.20. The van der Waals surface area contributed by atoms with Crippen LogP contribution in [-0.2, 0) is 4.79 Å². The Hall–Kier alpha value is -1.08. The Balaban J connectivity index is 2.89. The van der Waals surface area contributed by atoms with Crippen LogP contribution in [0.4, 0.5) is 0 Å². The van der Waals surface area contributed by atoms with Gasteiger partial charge in [0, 0.05) is 24.0 Å². The molecule has 1 N–H and O–H groups in total. The van der Waals surface area contributed by atoms with Crippen molar-refractivity contribution in [3.8, 4) is 6.07 Å². The highest BCUT2D eigenvalue weighted by atomic mass is 16.2. The molecule has 1 aliphatic rings. The minimum atomic E-state index is -0.204. The van der Waals surface area contributed by atoms with Crippen LogP contribution in [0.3, 0.4) is 0 Å². The SMILES string of the molecule is CC1(C)CC(=O)N(CC#N)CC(C)(C)N1. The predicted molar refractivity (Wildman–Crippen MR) is 58.1 cm³/mol. The maximum absolute atomic E-state index is 11.8. The van der Waals surface area contributed by atoms with Gasteiger partial charge in [0.1, 0.15) is 6.54 Å². The number of rotatable bonds is 1. The lowest BCUT2D eigenvalue weighted by molar-refractivity contribution is -0.131. The van der Waals surface area contributed by atoms with Gasteiger partial charge in [-0.05, 0) is 27.7 Å². The summed E-state index contributed by atoms with van der Waals surface area (Å²) in [7, 11) is 0. The summed E-state index contributed by atoms with van der Waals surface area (Å²) < 4.78 is 0. The van der Waals surface area contributed by atoms with Gasteiger partial charge < -0.3 is 10.2 Å². The minimum absolute atomic E-state index is 0.0552. The Morgan fingerprint density at radius 1 is 1.40 bits per heavy atom. The predicted octanol–water partition coefficient (Wildman–Crippen LogP) is 0.889. The van der Waals surface area contributed by atoms with Crippen molar-refractivity contribution in [3.63, 3.8) is 0 Å². The van der Waals surface area contributed by atoms with E-state index >= 15 is 0 Å². The van der Waals surface area contributed by atoms with Crippen LogP contribution in [0.1, 0.15) is 34.1 Å². The lowest BCUT2D eigenvalue weighted by Gasteiger charge is -2.34. The largest absolute Gasteiger partial charge is 0.327 e. The van der Waals surface area contributed by atoms with E-state index in [0.717, 1.165) is 0 Å². The third-order valence-electron chi connectivity index (χ3n) is 2.47. The lowest BCUT2D eigenvalue weighted by atomic mass is 9.96. The van der Waals surface area contributed by atoms with Gasteiger partial charge in [-0.25, -0.2) is 0 Å². The van der Waals surface area contributed by atoms with Crippen molar-refractivity contribution < 1.29 is 4.79 Å². The quantitative estimate of drug-likeness (QED) is 0.652. The lowest BCUT2D eigenvalue weighted by Crippen LogP contribution is -2.53. The van der Waals surface area contributed by atoms with Crippen molar-refractivity contribution in [1.82, 2.24) is 10.2 Å². The Kier molecular flexibility index (Phi) is 3.05. The van der Waals surface area contributed by atoms with Crippen LogP contribution in [0.15, 0.2) is 0 Å². The van der Waals surface area contributed by atoms with Crippen molar-refractivity contribution in [3.05, 3.63) is 0 Å². The molecule has 1 heterocycles. The second-order valence-electron chi connectivity index (χ2n) is 5.48. The van der Waals surface area contributed by atoms with E-state index in [-0.39, 0.29) is 23.5 Å². The number of nitriles is 1. The Bertz CT molecular complexity index is 301. The molecule has 0 aromatic heterocycles. The molecule has 0 spiro atoms. The van der Waals surface area contributed by atoms with Gasteiger partial charge in [0.05, 0.1) is 6.07 Å². The fourth-order valence-electron chi connectivity index (χ4n) is 2.28. The zero-order valence-electron chi connectivity index (χ0n) is 9.92. The first-order chi connectivity index (χ1) is 6.76. The molecule has 0 unspecified atom stereocenters. The maximum atomic E-state index is 11.8. The molecule has 1 aliphatic heterocycles. The molecule has 0 aromatic carbocycles. The van der Waals surface area contributed by atoms with E-state index in [0.29, 0.717) is 13.0 Å². The van der Waals surface area contributed by atoms with E-state index in [1.165, 1.54) is 0 Å². The van der Waals surface area contributed by atoms with Gasteiger partial charge in [-0.3, -0.25) is 4.79 Å². The van der Waals surface area contributed by atoms with Crippen molar-refractivity contribution >= 4 is 5.91 Å². The third kappa shape index (κ3) is 3.21. The van der Waals surface area contributed by atoms with E-state index in [9.17, 15) is 4.79 Å². The van der Waals surface area contributed by atoms with E-state index in [1.54, 1.807) is 4.90 Å². The molecule has 4 nitrogen and oxygen atoms in total. The summed E-state index contributed by atoms with van der Waals surface area (Å²) in [4.78, 5) is 13.5. The molecule has 0 saturated carbocycles. The molecule has 84 valence electrons. The van der Waals surface area contributed by atoms with Gasteiger partial charge in [-0.2, -0.15) is 5.26 Å². The highest BCUT2D eigenvalue weighted by Crippen LogP contribution is 2.21. The number of amides is 1. The van der Waals surface area contributed by atoms with Gasteiger partial charge in [-0.15, -0.1) is 0 Å². The fourth-order valence-corrected chi connectivity index (χ4v) is 2.28. The topological polar surface area (TPSA) is 56.1 Å². The molecule has 15 heavy (non-hydrogen) atoms. The van der Waals surface area contributed by atoms with E-state index in [1.807, 2.05) is 19.9 Å². The second-order valence-corrected chi connectivity index (χ2v) is 5.48. The number of nitrogens with zero attached hydrogens (tertiary/aromatic N) is 2. The van der Waals surface area contributed by atoms with E-state index < -0.39 is 0 Å². The molecular weight excluding hydrogens is 190 g/mol. The number of carbonyl (C=O) groups excluding carboxylic acids is 1. The maximum Gasteiger partial charge on any atom is 0.225 e. The summed E-state index contributed by atoms with van der Waals surface area (Å²) in [6.07, 6.45) is 0.443. The molecule has 1 amide bonds. The van der Waals surface area contributed by atoms with Crippen LogP contribution < -0.4 is 5.32 Å². The van der Waals surface area contributed by atoms with Gasteiger partial charge >= 0.3 is 0 Å². The summed E-state index contributed by atoms with van der Waals surface area (Å²) in [5.74, 6) is 0.0552. The summed E-state index contributed by atoms with van der Waals surface area (Å²) in [6.45, 7) is 8.91. The zero-order valence-corrected chi connectivity index (χ0v) is 9.92. The monoisotopic (exact) mass is 209 g/mol. The van der Waals surface area contributed by atoms with E-state index in [4.69, 9.17) is 5.26 Å². The molecule has 1 rings (SSSR count). The normalized spacial score (nSPS) is 24.5. The van der Waals surface area contributed by atoms with Gasteiger partial charge in [0.15, 0.2) is 0 Å². The van der Waals surface area contributed by atoms with Crippen molar-refractivity contribution in [1.29, 1.82) is 5.26 Å². The van der Waals surface area contributed by atoms with Crippen molar-refractivity contribution in [2.75, 3.05) is 13.1 Å². The van der Waals surface area contributed by atoms with Crippen LogP contribution in [0, 0.1) is 11.3 Å². The third-order valence-corrected chi connectivity index (χ3v) is 2.47. The molecule has 0 radical (unpaired) electrons. The molecule has 1 saturated heterocycles. The van der Waals surface area contributed by atoms with Crippen molar-refractivity contribution in [2.45, 2.75) is 45.2 Å². The first kappa shape index (κ1) is 12.0. The molecule has 0 atom stereocenters. The molecule has 0 aromatic rings. The average Bonchev–Trinajstić information content (AvgIpc) is 2.05. The van der Waals surface area contributed by atoms with Crippen LogP contribution >= 0.6 is 0 Å². The van der Waals surface area contributed by atoms with Crippen molar-refractivity contribution in [2.24, 2.45) is 0 Å². The Morgan fingerprint density at radius 2 is 2.00 bits per heavy atom. The summed E-state index contributed by atoms with van der Waals surface area (Å²) >= 11 is 0. The van der Waals surface area contributed by atoms with Gasteiger partial charge in [-0.1, -0.05) is 0 Å². The summed E-state index contributed by atoms with van der Waals surface area (Å²) in [5.41, 5.74) is -0.350. The number of carbonyl (C=O) groups is 1. The summed E-state index contributed by atoms with van der Waals surface area (Å²) in [6, 6.07) is 2.04. The second kappa shape index (κ2) is 3.82. The highest BCUT2D eigenvalue weighted by molar-refractivity contribution is 5.78. The van der Waals surface area contributed by atoms with Gasteiger partial charge in [0.2, 0.25) is 5.91 Å². The zero-order chi connectivity index (χ0) is 11.7. The Morgan fingerprint density at radius 3 is 2.53 bits per heavy atom. The van der Waals surface area contributed by atoms with Crippen LogP contribution in [0.25, 0.3) is 0 Å². The molecule has 4 heteroatoms. The summed E-state index contributed by atoms with van der Waals surface area (Å²) in [5, 5.41) is 12.1. The van der Waals surface area contributed by atoms with Crippen LogP contribution in [-0.4, -0.2) is 35.0 Å². The van der Waals surface area contributed by atoms with Crippen LogP contribution in [0.2, 0.25) is 0 Å². The smallest absolute Gasteiger partial charge is 0.225 e. The number of hydrogen-bond acceptors (Lipinski definition) is 3. The van der Waals surface area contributed by atoms with E-state index in [2.05, 4.69) is 19.2 Å². The molecule has 0 aliphatic carbocycles. The number of nitrogens with one attached hydrogen (secondary N) is 1. The average molecular weight is 209 g/mol. The first-order valence-corrected chi connectivity index (χ1v) is 5.20. The Labute approximate surface area is 91.2 Å². The molecule has 1 fully saturated rings. The highest BCUT2D eigenvalue weighted by Gasteiger charge is 2.36. The molecule has 0 bridgehead atoms. The fraction of sp³-hybridized carbons (Fsp3) is 0.818.